The fraction of sp³-hybridized carbons (Fsp3) is 0.429. The lowest BCUT2D eigenvalue weighted by atomic mass is 10.5. The molecule has 64 valence electrons. The van der Waals surface area contributed by atoms with Crippen LogP contribution in [0.3, 0.4) is 0 Å². The standard InChI is InChI=1S/C7H8N2O3/c10-6-1-2-7(11)9(6)8-3-5-4-12-5/h1-2,5,8H,3-4H2. The number of imide groups is 1. The summed E-state index contributed by atoms with van der Waals surface area (Å²) in [5.74, 6) is -0.638. The van der Waals surface area contributed by atoms with Gasteiger partial charge in [0.25, 0.3) is 11.8 Å². The number of nitrogens with zero attached hydrogens (tertiary/aromatic N) is 1. The lowest BCUT2D eigenvalue weighted by Gasteiger charge is -2.13. The Morgan fingerprint density at radius 3 is 2.58 bits per heavy atom. The van der Waals surface area contributed by atoms with Gasteiger partial charge in [-0.2, -0.15) is 0 Å². The van der Waals surface area contributed by atoms with Crippen molar-refractivity contribution in [3.8, 4) is 0 Å². The normalized spacial score (nSPS) is 27.0. The van der Waals surface area contributed by atoms with Gasteiger partial charge in [0.15, 0.2) is 0 Å². The van der Waals surface area contributed by atoms with Gasteiger partial charge in [-0.1, -0.05) is 0 Å². The first-order valence-corrected chi connectivity index (χ1v) is 3.68. The maximum absolute atomic E-state index is 10.9. The number of hydrogen-bond donors (Lipinski definition) is 1. The number of carbonyl (C=O) groups is 2. The third-order valence-corrected chi connectivity index (χ3v) is 1.69. The molecule has 1 unspecified atom stereocenters. The molecule has 1 N–H and O–H groups in total. The van der Waals surface area contributed by atoms with Crippen LogP contribution >= 0.6 is 0 Å². The Hall–Kier alpha value is -1.20. The Bertz CT molecular complexity index is 239. The molecule has 2 aliphatic heterocycles. The first-order chi connectivity index (χ1) is 5.77. The van der Waals surface area contributed by atoms with E-state index in [1.807, 2.05) is 0 Å². The van der Waals surface area contributed by atoms with E-state index in [0.29, 0.717) is 13.2 Å². The first-order valence-electron chi connectivity index (χ1n) is 3.68. The summed E-state index contributed by atoms with van der Waals surface area (Å²) in [7, 11) is 0. The van der Waals surface area contributed by atoms with Gasteiger partial charge in [-0.15, -0.1) is 0 Å². The van der Waals surface area contributed by atoms with E-state index in [1.54, 1.807) is 0 Å². The van der Waals surface area contributed by atoms with Crippen LogP contribution in [0.15, 0.2) is 12.2 Å². The first kappa shape index (κ1) is 7.45. The number of nitrogens with one attached hydrogen (secondary N) is 1. The maximum atomic E-state index is 10.9. The lowest BCUT2D eigenvalue weighted by molar-refractivity contribution is -0.140. The lowest BCUT2D eigenvalue weighted by Crippen LogP contribution is -2.44. The minimum Gasteiger partial charge on any atom is -0.372 e. The molecule has 2 aliphatic rings. The van der Waals surface area contributed by atoms with Crippen LogP contribution in [-0.4, -0.2) is 36.1 Å². The smallest absolute Gasteiger partial charge is 0.268 e. The van der Waals surface area contributed by atoms with Gasteiger partial charge in [0.05, 0.1) is 12.7 Å². The van der Waals surface area contributed by atoms with Crippen molar-refractivity contribution < 1.29 is 14.3 Å². The molecule has 2 rings (SSSR count). The molecule has 2 heterocycles. The second-order valence-electron chi connectivity index (χ2n) is 2.66. The van der Waals surface area contributed by atoms with Crippen LogP contribution in [0, 0.1) is 0 Å². The zero-order valence-electron chi connectivity index (χ0n) is 6.32. The zero-order valence-corrected chi connectivity index (χ0v) is 6.32. The van der Waals surface area contributed by atoms with Crippen molar-refractivity contribution in [2.24, 2.45) is 0 Å². The predicted octanol–water partition coefficient (Wildman–Crippen LogP) is -1.19. The van der Waals surface area contributed by atoms with Crippen molar-refractivity contribution in [3.63, 3.8) is 0 Å². The van der Waals surface area contributed by atoms with Crippen molar-refractivity contribution >= 4 is 11.8 Å². The summed E-state index contributed by atoms with van der Waals surface area (Å²) in [6.45, 7) is 1.22. The largest absolute Gasteiger partial charge is 0.372 e. The molecule has 1 atom stereocenters. The highest BCUT2D eigenvalue weighted by Gasteiger charge is 2.27. The summed E-state index contributed by atoms with van der Waals surface area (Å²) in [5.41, 5.74) is 2.69. The van der Waals surface area contributed by atoms with E-state index in [1.165, 1.54) is 12.2 Å². The van der Waals surface area contributed by atoms with E-state index >= 15 is 0 Å². The average molecular weight is 168 g/mol. The number of rotatable bonds is 3. The summed E-state index contributed by atoms with van der Waals surface area (Å²) in [6, 6.07) is 0. The highest BCUT2D eigenvalue weighted by molar-refractivity contribution is 6.12. The van der Waals surface area contributed by atoms with Crippen molar-refractivity contribution in [3.05, 3.63) is 12.2 Å². The van der Waals surface area contributed by atoms with Crippen molar-refractivity contribution in [1.29, 1.82) is 0 Å². The third-order valence-electron chi connectivity index (χ3n) is 1.69. The second kappa shape index (κ2) is 2.69. The van der Waals surface area contributed by atoms with E-state index < -0.39 is 0 Å². The monoisotopic (exact) mass is 168 g/mol. The number of hydrogen-bond acceptors (Lipinski definition) is 4. The summed E-state index contributed by atoms with van der Waals surface area (Å²) in [5, 5.41) is 0.988. The van der Waals surface area contributed by atoms with Gasteiger partial charge in [-0.05, 0) is 0 Å². The Balaban J connectivity index is 1.85. The number of amides is 2. The van der Waals surface area contributed by atoms with Gasteiger partial charge in [0, 0.05) is 18.7 Å². The van der Waals surface area contributed by atoms with Gasteiger partial charge in [0.1, 0.15) is 0 Å². The number of ether oxygens (including phenoxy) is 1. The van der Waals surface area contributed by atoms with Crippen LogP contribution in [0.1, 0.15) is 0 Å². The second-order valence-corrected chi connectivity index (χ2v) is 2.66. The molecular weight excluding hydrogens is 160 g/mol. The van der Waals surface area contributed by atoms with Crippen LogP contribution in [0.2, 0.25) is 0 Å². The van der Waals surface area contributed by atoms with Crippen LogP contribution < -0.4 is 5.43 Å². The van der Waals surface area contributed by atoms with Crippen molar-refractivity contribution in [2.45, 2.75) is 6.10 Å². The van der Waals surface area contributed by atoms with Gasteiger partial charge >= 0.3 is 0 Å². The highest BCUT2D eigenvalue weighted by Crippen LogP contribution is 2.07. The van der Waals surface area contributed by atoms with Crippen LogP contribution in [0.5, 0.6) is 0 Å². The zero-order chi connectivity index (χ0) is 8.55. The third kappa shape index (κ3) is 1.37. The molecule has 0 bridgehead atoms. The molecule has 0 radical (unpaired) electrons. The Kier molecular flexibility index (Phi) is 1.67. The van der Waals surface area contributed by atoms with E-state index in [-0.39, 0.29) is 17.9 Å². The molecule has 5 heteroatoms. The van der Waals surface area contributed by atoms with Gasteiger partial charge < -0.3 is 4.74 Å². The molecule has 0 aliphatic carbocycles. The summed E-state index contributed by atoms with van der Waals surface area (Å²) >= 11 is 0. The Labute approximate surface area is 68.9 Å². The molecule has 1 fully saturated rings. The fourth-order valence-electron chi connectivity index (χ4n) is 0.935. The van der Waals surface area contributed by atoms with Gasteiger partial charge in [0.2, 0.25) is 0 Å². The van der Waals surface area contributed by atoms with Gasteiger partial charge in [-0.3, -0.25) is 9.59 Å². The minimum absolute atomic E-state index is 0.159. The minimum atomic E-state index is -0.319. The summed E-state index contributed by atoms with van der Waals surface area (Å²) in [4.78, 5) is 21.9. The molecule has 0 aromatic heterocycles. The molecule has 2 amide bonds. The molecule has 0 aromatic carbocycles. The molecule has 1 saturated heterocycles. The molecule has 5 nitrogen and oxygen atoms in total. The topological polar surface area (TPSA) is 61.9 Å². The molecule has 0 aromatic rings. The summed E-state index contributed by atoms with van der Waals surface area (Å²) < 4.78 is 4.91. The quantitative estimate of drug-likeness (QED) is 0.425. The van der Waals surface area contributed by atoms with Crippen LogP contribution in [0.25, 0.3) is 0 Å². The Morgan fingerprint density at radius 1 is 1.50 bits per heavy atom. The molecular formula is C7H8N2O3. The Morgan fingerprint density at radius 2 is 2.08 bits per heavy atom. The van der Waals surface area contributed by atoms with E-state index in [2.05, 4.69) is 5.43 Å². The highest BCUT2D eigenvalue weighted by atomic mass is 16.6. The predicted molar refractivity (Wildman–Crippen MR) is 38.7 cm³/mol. The number of epoxide rings is 1. The van der Waals surface area contributed by atoms with E-state index in [4.69, 9.17) is 4.74 Å². The number of hydrazine groups is 1. The fourth-order valence-corrected chi connectivity index (χ4v) is 0.935. The summed E-state index contributed by atoms with van der Waals surface area (Å²) in [6.07, 6.45) is 2.64. The van der Waals surface area contributed by atoms with Crippen LogP contribution in [0.4, 0.5) is 0 Å². The molecule has 12 heavy (non-hydrogen) atoms. The van der Waals surface area contributed by atoms with Gasteiger partial charge in [-0.25, -0.2) is 10.4 Å². The SMILES string of the molecule is O=C1C=CC(=O)N1NCC1CO1. The maximum Gasteiger partial charge on any atom is 0.268 e. The molecule has 0 spiro atoms. The number of carbonyl (C=O) groups excluding carboxylic acids is 2. The van der Waals surface area contributed by atoms with E-state index in [9.17, 15) is 9.59 Å². The van der Waals surface area contributed by atoms with Crippen molar-refractivity contribution in [1.82, 2.24) is 10.4 Å². The van der Waals surface area contributed by atoms with Crippen molar-refractivity contribution in [2.75, 3.05) is 13.2 Å². The van der Waals surface area contributed by atoms with E-state index in [0.717, 1.165) is 5.01 Å². The van der Waals surface area contributed by atoms with Crippen LogP contribution in [-0.2, 0) is 14.3 Å². The average Bonchev–Trinajstić information content (AvgIpc) is 2.80. The molecule has 0 saturated carbocycles.